The SMILES string of the molecule is CC(C)CN1CC(C(=O)N2CCC(C(C)O)C2)CC1=O. The van der Waals surface area contributed by atoms with Gasteiger partial charge in [0.25, 0.3) is 0 Å². The van der Waals surface area contributed by atoms with E-state index in [1.807, 2.05) is 9.80 Å². The summed E-state index contributed by atoms with van der Waals surface area (Å²) in [7, 11) is 0. The fourth-order valence-electron chi connectivity index (χ4n) is 3.19. The van der Waals surface area contributed by atoms with Crippen molar-refractivity contribution in [1.29, 1.82) is 0 Å². The molecule has 0 aromatic heterocycles. The summed E-state index contributed by atoms with van der Waals surface area (Å²) >= 11 is 0. The van der Waals surface area contributed by atoms with Crippen LogP contribution in [-0.4, -0.2) is 59.0 Å². The average molecular weight is 282 g/mol. The number of likely N-dealkylation sites (tertiary alicyclic amines) is 2. The van der Waals surface area contributed by atoms with Gasteiger partial charge in [0.15, 0.2) is 0 Å². The zero-order valence-corrected chi connectivity index (χ0v) is 12.7. The Kier molecular flexibility index (Phi) is 4.68. The molecule has 5 heteroatoms. The molecule has 0 aromatic rings. The summed E-state index contributed by atoms with van der Waals surface area (Å²) in [5, 5.41) is 9.60. The molecule has 0 saturated carbocycles. The summed E-state index contributed by atoms with van der Waals surface area (Å²) in [5.74, 6) is 0.618. The summed E-state index contributed by atoms with van der Waals surface area (Å²) in [6.07, 6.45) is 0.844. The highest BCUT2D eigenvalue weighted by atomic mass is 16.3. The normalized spacial score (nSPS) is 28.6. The van der Waals surface area contributed by atoms with E-state index in [1.165, 1.54) is 0 Å². The summed E-state index contributed by atoms with van der Waals surface area (Å²) in [4.78, 5) is 28.0. The fourth-order valence-corrected chi connectivity index (χ4v) is 3.19. The van der Waals surface area contributed by atoms with Crippen LogP contribution in [-0.2, 0) is 9.59 Å². The summed E-state index contributed by atoms with van der Waals surface area (Å²) in [6.45, 7) is 8.58. The molecule has 2 saturated heterocycles. The van der Waals surface area contributed by atoms with Crippen LogP contribution in [0.4, 0.5) is 0 Å². The number of aliphatic hydroxyl groups excluding tert-OH is 1. The van der Waals surface area contributed by atoms with Gasteiger partial charge < -0.3 is 14.9 Å². The molecule has 5 nitrogen and oxygen atoms in total. The van der Waals surface area contributed by atoms with Gasteiger partial charge in [0, 0.05) is 38.5 Å². The standard InChI is InChI=1S/C15H26N2O3/c1-10(2)7-17-9-13(6-14(17)19)15(20)16-5-4-12(8-16)11(3)18/h10-13,18H,4-9H2,1-3H3. The Morgan fingerprint density at radius 2 is 2.05 bits per heavy atom. The minimum absolute atomic E-state index is 0.0905. The van der Waals surface area contributed by atoms with E-state index in [2.05, 4.69) is 13.8 Å². The third kappa shape index (κ3) is 3.32. The van der Waals surface area contributed by atoms with E-state index in [0.29, 0.717) is 32.0 Å². The largest absolute Gasteiger partial charge is 0.393 e. The summed E-state index contributed by atoms with van der Waals surface area (Å²) < 4.78 is 0. The topological polar surface area (TPSA) is 60.9 Å². The van der Waals surface area contributed by atoms with Gasteiger partial charge in [-0.15, -0.1) is 0 Å². The van der Waals surface area contributed by atoms with Gasteiger partial charge in [-0.05, 0) is 19.3 Å². The van der Waals surface area contributed by atoms with Crippen LogP contribution in [0.5, 0.6) is 0 Å². The van der Waals surface area contributed by atoms with Gasteiger partial charge in [-0.25, -0.2) is 0 Å². The van der Waals surface area contributed by atoms with Gasteiger partial charge >= 0.3 is 0 Å². The monoisotopic (exact) mass is 282 g/mol. The van der Waals surface area contributed by atoms with Crippen LogP contribution in [0, 0.1) is 17.8 Å². The van der Waals surface area contributed by atoms with E-state index in [-0.39, 0.29) is 29.8 Å². The number of carbonyl (C=O) groups excluding carboxylic acids is 2. The van der Waals surface area contributed by atoms with Gasteiger partial charge in [-0.3, -0.25) is 9.59 Å². The zero-order valence-electron chi connectivity index (χ0n) is 12.7. The van der Waals surface area contributed by atoms with Crippen LogP contribution >= 0.6 is 0 Å². The molecule has 3 atom stereocenters. The molecule has 2 aliphatic rings. The first kappa shape index (κ1) is 15.3. The lowest BCUT2D eigenvalue weighted by Gasteiger charge is -2.22. The lowest BCUT2D eigenvalue weighted by molar-refractivity contribution is -0.135. The first-order valence-corrected chi connectivity index (χ1v) is 7.63. The molecule has 2 heterocycles. The number of rotatable bonds is 4. The highest BCUT2D eigenvalue weighted by Gasteiger charge is 2.39. The van der Waals surface area contributed by atoms with Crippen molar-refractivity contribution in [3.8, 4) is 0 Å². The quantitative estimate of drug-likeness (QED) is 0.826. The summed E-state index contributed by atoms with van der Waals surface area (Å²) in [6, 6.07) is 0. The maximum absolute atomic E-state index is 12.5. The lowest BCUT2D eigenvalue weighted by Crippen LogP contribution is -2.37. The predicted molar refractivity (Wildman–Crippen MR) is 75.9 cm³/mol. The van der Waals surface area contributed by atoms with Gasteiger partial charge in [-0.1, -0.05) is 13.8 Å². The first-order valence-electron chi connectivity index (χ1n) is 7.63. The summed E-state index contributed by atoms with van der Waals surface area (Å²) in [5.41, 5.74) is 0. The molecule has 2 amide bonds. The first-order chi connectivity index (χ1) is 9.38. The van der Waals surface area contributed by atoms with Crippen molar-refractivity contribution < 1.29 is 14.7 Å². The number of amides is 2. The Morgan fingerprint density at radius 1 is 1.35 bits per heavy atom. The van der Waals surface area contributed by atoms with Crippen LogP contribution in [0.3, 0.4) is 0 Å². The molecular weight excluding hydrogens is 256 g/mol. The van der Waals surface area contributed by atoms with Crippen LogP contribution < -0.4 is 0 Å². The highest BCUT2D eigenvalue weighted by molar-refractivity contribution is 5.89. The van der Waals surface area contributed by atoms with E-state index in [1.54, 1.807) is 6.92 Å². The van der Waals surface area contributed by atoms with E-state index < -0.39 is 0 Å². The molecule has 20 heavy (non-hydrogen) atoms. The highest BCUT2D eigenvalue weighted by Crippen LogP contribution is 2.26. The minimum Gasteiger partial charge on any atom is -0.393 e. The van der Waals surface area contributed by atoms with Gasteiger partial charge in [0.2, 0.25) is 11.8 Å². The number of hydrogen-bond donors (Lipinski definition) is 1. The van der Waals surface area contributed by atoms with Crippen molar-refractivity contribution in [2.75, 3.05) is 26.2 Å². The van der Waals surface area contributed by atoms with Crippen molar-refractivity contribution in [2.24, 2.45) is 17.8 Å². The third-order valence-electron chi connectivity index (χ3n) is 4.37. The van der Waals surface area contributed by atoms with E-state index >= 15 is 0 Å². The molecular formula is C15H26N2O3. The molecule has 2 aliphatic heterocycles. The second-order valence-corrected chi connectivity index (χ2v) is 6.67. The molecule has 1 N–H and O–H groups in total. The molecule has 0 bridgehead atoms. The van der Waals surface area contributed by atoms with Crippen molar-refractivity contribution in [2.45, 2.75) is 39.7 Å². The molecule has 0 aliphatic carbocycles. The molecule has 0 spiro atoms. The Labute approximate surface area is 120 Å². The number of nitrogens with zero attached hydrogens (tertiary/aromatic N) is 2. The molecule has 3 unspecified atom stereocenters. The van der Waals surface area contributed by atoms with Gasteiger partial charge in [0.05, 0.1) is 12.0 Å². The molecule has 2 fully saturated rings. The van der Waals surface area contributed by atoms with E-state index in [0.717, 1.165) is 13.0 Å². The lowest BCUT2D eigenvalue weighted by atomic mass is 10.0. The number of hydrogen-bond acceptors (Lipinski definition) is 3. The Hall–Kier alpha value is -1.10. The Bertz CT molecular complexity index is 381. The van der Waals surface area contributed by atoms with Crippen molar-refractivity contribution >= 4 is 11.8 Å². The van der Waals surface area contributed by atoms with Crippen LogP contribution in [0.25, 0.3) is 0 Å². The maximum Gasteiger partial charge on any atom is 0.228 e. The zero-order chi connectivity index (χ0) is 14.9. The fraction of sp³-hybridized carbons (Fsp3) is 0.867. The van der Waals surface area contributed by atoms with Crippen LogP contribution in [0.2, 0.25) is 0 Å². The predicted octanol–water partition coefficient (Wildman–Crippen LogP) is 0.720. The van der Waals surface area contributed by atoms with Crippen LogP contribution in [0.1, 0.15) is 33.6 Å². The number of aliphatic hydroxyl groups is 1. The van der Waals surface area contributed by atoms with E-state index in [4.69, 9.17) is 0 Å². The minimum atomic E-state index is -0.365. The third-order valence-corrected chi connectivity index (χ3v) is 4.37. The van der Waals surface area contributed by atoms with E-state index in [9.17, 15) is 14.7 Å². The Balaban J connectivity index is 1.90. The van der Waals surface area contributed by atoms with Gasteiger partial charge in [-0.2, -0.15) is 0 Å². The average Bonchev–Trinajstić information content (AvgIpc) is 2.96. The van der Waals surface area contributed by atoms with Crippen molar-refractivity contribution in [1.82, 2.24) is 9.80 Å². The molecule has 114 valence electrons. The number of carbonyl (C=O) groups is 2. The molecule has 0 aromatic carbocycles. The van der Waals surface area contributed by atoms with Gasteiger partial charge in [0.1, 0.15) is 0 Å². The maximum atomic E-state index is 12.5. The molecule has 0 radical (unpaired) electrons. The smallest absolute Gasteiger partial charge is 0.228 e. The second-order valence-electron chi connectivity index (χ2n) is 6.67. The van der Waals surface area contributed by atoms with Crippen molar-refractivity contribution in [3.05, 3.63) is 0 Å². The second kappa shape index (κ2) is 6.12. The molecule has 2 rings (SSSR count). The van der Waals surface area contributed by atoms with Crippen molar-refractivity contribution in [3.63, 3.8) is 0 Å². The van der Waals surface area contributed by atoms with Crippen LogP contribution in [0.15, 0.2) is 0 Å². The Morgan fingerprint density at radius 3 is 2.60 bits per heavy atom.